The number of furan rings is 1. The Balaban J connectivity index is 1.82. The molecule has 4 rings (SSSR count). The lowest BCUT2D eigenvalue weighted by Crippen LogP contribution is -1.86. The molecule has 0 spiro atoms. The van der Waals surface area contributed by atoms with Crippen LogP contribution in [0.3, 0.4) is 0 Å². The zero-order valence-corrected chi connectivity index (χ0v) is 12.2. The number of aromatic nitrogens is 3. The van der Waals surface area contributed by atoms with Gasteiger partial charge in [0.05, 0.1) is 5.69 Å². The number of fused-ring (bicyclic) bond motifs is 1. The molecule has 0 saturated heterocycles. The average molecular weight is 309 g/mol. The number of aryl methyl sites for hydroxylation is 1. The minimum absolute atomic E-state index is 0.384. The molecule has 0 amide bonds. The molecule has 23 heavy (non-hydrogen) atoms. The van der Waals surface area contributed by atoms with Crippen LogP contribution in [0.2, 0.25) is 0 Å². The molecule has 0 aliphatic rings. The summed E-state index contributed by atoms with van der Waals surface area (Å²) in [4.78, 5) is 4.44. The summed E-state index contributed by atoms with van der Waals surface area (Å²) in [5, 5.41) is 17.2. The molecule has 6 heteroatoms. The van der Waals surface area contributed by atoms with Crippen LogP contribution in [0.4, 0.5) is 4.39 Å². The lowest BCUT2D eigenvalue weighted by Gasteiger charge is -2.02. The van der Waals surface area contributed by atoms with Crippen molar-refractivity contribution < 1.29 is 13.9 Å². The van der Waals surface area contributed by atoms with Crippen molar-refractivity contribution in [3.63, 3.8) is 0 Å². The zero-order valence-electron chi connectivity index (χ0n) is 12.2. The average Bonchev–Trinajstić information content (AvgIpc) is 3.15. The summed E-state index contributed by atoms with van der Waals surface area (Å²) in [5.74, 6) is 0.436. The molecule has 0 atom stereocenters. The molecule has 0 radical (unpaired) electrons. The molecule has 2 N–H and O–H groups in total. The Hall–Kier alpha value is -3.15. The Morgan fingerprint density at radius 2 is 2.00 bits per heavy atom. The normalized spacial score (nSPS) is 11.2. The van der Waals surface area contributed by atoms with E-state index in [1.807, 2.05) is 25.1 Å². The van der Waals surface area contributed by atoms with Gasteiger partial charge in [-0.2, -0.15) is 5.10 Å². The van der Waals surface area contributed by atoms with Crippen molar-refractivity contribution in [2.24, 2.45) is 0 Å². The maximum absolute atomic E-state index is 13.5. The van der Waals surface area contributed by atoms with Crippen molar-refractivity contribution in [1.29, 1.82) is 0 Å². The van der Waals surface area contributed by atoms with E-state index in [9.17, 15) is 9.50 Å². The highest BCUT2D eigenvalue weighted by atomic mass is 19.1. The maximum atomic E-state index is 13.5. The largest absolute Gasteiger partial charge is 0.505 e. The third-order valence-electron chi connectivity index (χ3n) is 3.65. The van der Waals surface area contributed by atoms with Crippen molar-refractivity contribution in [2.75, 3.05) is 0 Å². The molecule has 5 nitrogen and oxygen atoms in total. The number of H-pyrrole nitrogens is 1. The van der Waals surface area contributed by atoms with Crippen LogP contribution in [0.5, 0.6) is 5.75 Å². The van der Waals surface area contributed by atoms with Crippen LogP contribution in [0.15, 0.2) is 46.9 Å². The van der Waals surface area contributed by atoms with E-state index >= 15 is 0 Å². The Kier molecular flexibility index (Phi) is 2.90. The molecule has 0 aliphatic carbocycles. The van der Waals surface area contributed by atoms with Crippen LogP contribution < -0.4 is 0 Å². The second kappa shape index (κ2) is 4.95. The summed E-state index contributed by atoms with van der Waals surface area (Å²) in [6.07, 6.45) is 0. The first-order valence-corrected chi connectivity index (χ1v) is 7.02. The van der Waals surface area contributed by atoms with Gasteiger partial charge in [-0.15, -0.1) is 0 Å². The van der Waals surface area contributed by atoms with E-state index in [0.29, 0.717) is 22.7 Å². The first-order valence-electron chi connectivity index (χ1n) is 7.02. The lowest BCUT2D eigenvalue weighted by atomic mass is 10.1. The van der Waals surface area contributed by atoms with Gasteiger partial charge in [-0.3, -0.25) is 5.10 Å². The van der Waals surface area contributed by atoms with Gasteiger partial charge in [0.2, 0.25) is 0 Å². The number of nitrogens with zero attached hydrogens (tertiary/aromatic N) is 2. The molecule has 3 heterocycles. The second-order valence-corrected chi connectivity index (χ2v) is 5.24. The molecular formula is C17H12FN3O2. The minimum atomic E-state index is -0.682. The number of rotatable bonds is 2. The van der Waals surface area contributed by atoms with Gasteiger partial charge in [0.25, 0.3) is 0 Å². The monoisotopic (exact) mass is 309 g/mol. The molecule has 3 aromatic heterocycles. The molecule has 0 fully saturated rings. The number of phenols is 1. The first-order chi connectivity index (χ1) is 11.1. The van der Waals surface area contributed by atoms with Crippen LogP contribution in [-0.4, -0.2) is 20.3 Å². The Bertz CT molecular complexity index is 1020. The summed E-state index contributed by atoms with van der Waals surface area (Å²) in [5.41, 5.74) is 2.41. The molecule has 4 aromatic rings. The molecule has 114 valence electrons. The number of halogens is 1. The SMILES string of the molecule is Cc1ccc(-c2[nH]nc3nc(-c4ccc(O)c(F)c4)ccc23)o1. The summed E-state index contributed by atoms with van der Waals surface area (Å²) >= 11 is 0. The Morgan fingerprint density at radius 1 is 1.13 bits per heavy atom. The summed E-state index contributed by atoms with van der Waals surface area (Å²) in [6, 6.07) is 11.5. The van der Waals surface area contributed by atoms with Crippen molar-refractivity contribution in [3.05, 3.63) is 54.0 Å². The first kappa shape index (κ1) is 13.5. The van der Waals surface area contributed by atoms with Crippen LogP contribution in [0, 0.1) is 12.7 Å². The quantitative estimate of drug-likeness (QED) is 0.586. The molecular weight excluding hydrogens is 297 g/mol. The third-order valence-corrected chi connectivity index (χ3v) is 3.65. The number of phenolic OH excluding ortho intramolecular Hbond substituents is 1. The number of hydrogen-bond acceptors (Lipinski definition) is 4. The van der Waals surface area contributed by atoms with Crippen LogP contribution in [0.25, 0.3) is 33.7 Å². The molecule has 1 aromatic carbocycles. The van der Waals surface area contributed by atoms with Gasteiger partial charge in [-0.25, -0.2) is 9.37 Å². The van der Waals surface area contributed by atoms with Crippen molar-refractivity contribution >= 4 is 11.0 Å². The predicted octanol–water partition coefficient (Wildman–Crippen LogP) is 4.04. The number of benzene rings is 1. The van der Waals surface area contributed by atoms with E-state index in [2.05, 4.69) is 15.2 Å². The summed E-state index contributed by atoms with van der Waals surface area (Å²) in [6.45, 7) is 1.87. The highest BCUT2D eigenvalue weighted by Crippen LogP contribution is 2.29. The topological polar surface area (TPSA) is 74.9 Å². The van der Waals surface area contributed by atoms with E-state index in [-0.39, 0.29) is 5.75 Å². The van der Waals surface area contributed by atoms with Gasteiger partial charge < -0.3 is 9.52 Å². The minimum Gasteiger partial charge on any atom is -0.505 e. The van der Waals surface area contributed by atoms with Crippen LogP contribution >= 0.6 is 0 Å². The number of hydrogen-bond donors (Lipinski definition) is 2. The lowest BCUT2D eigenvalue weighted by molar-refractivity contribution is 0.432. The predicted molar refractivity (Wildman–Crippen MR) is 83.4 cm³/mol. The summed E-state index contributed by atoms with van der Waals surface area (Å²) in [7, 11) is 0. The van der Waals surface area contributed by atoms with Crippen molar-refractivity contribution in [3.8, 4) is 28.5 Å². The van der Waals surface area contributed by atoms with E-state index in [1.54, 1.807) is 12.1 Å². The number of nitrogens with one attached hydrogen (secondary N) is 1. The third kappa shape index (κ3) is 2.24. The highest BCUT2D eigenvalue weighted by molar-refractivity contribution is 5.90. The molecule has 0 unspecified atom stereocenters. The van der Waals surface area contributed by atoms with Crippen molar-refractivity contribution in [2.45, 2.75) is 6.92 Å². The van der Waals surface area contributed by atoms with Crippen molar-refractivity contribution in [1.82, 2.24) is 15.2 Å². The van der Waals surface area contributed by atoms with Crippen LogP contribution in [0.1, 0.15) is 5.76 Å². The fraction of sp³-hybridized carbons (Fsp3) is 0.0588. The fourth-order valence-electron chi connectivity index (χ4n) is 2.48. The Morgan fingerprint density at radius 3 is 2.74 bits per heavy atom. The standard InChI is InChI=1S/C17H12FN3O2/c1-9-2-7-15(23-9)16-11-4-5-13(19-17(11)21-20-16)10-3-6-14(22)12(18)8-10/h2-8,22H,1H3,(H,19,20,21). The summed E-state index contributed by atoms with van der Waals surface area (Å²) < 4.78 is 19.1. The van der Waals surface area contributed by atoms with Gasteiger partial charge in [0.15, 0.2) is 23.0 Å². The van der Waals surface area contributed by atoms with Crippen LogP contribution in [-0.2, 0) is 0 Å². The van der Waals surface area contributed by atoms with Gasteiger partial charge in [-0.1, -0.05) is 0 Å². The molecule has 0 aliphatic heterocycles. The Labute approximate surface area is 130 Å². The van der Waals surface area contributed by atoms with Gasteiger partial charge >= 0.3 is 0 Å². The second-order valence-electron chi connectivity index (χ2n) is 5.24. The fourth-order valence-corrected chi connectivity index (χ4v) is 2.48. The van der Waals surface area contributed by atoms with E-state index in [1.165, 1.54) is 12.1 Å². The van der Waals surface area contributed by atoms with Gasteiger partial charge in [0.1, 0.15) is 11.5 Å². The smallest absolute Gasteiger partial charge is 0.182 e. The zero-order chi connectivity index (χ0) is 16.0. The van der Waals surface area contributed by atoms with Gasteiger partial charge in [-0.05, 0) is 49.4 Å². The number of pyridine rings is 1. The van der Waals surface area contributed by atoms with E-state index in [4.69, 9.17) is 4.42 Å². The number of aromatic hydroxyl groups is 1. The molecule has 0 saturated carbocycles. The van der Waals surface area contributed by atoms with E-state index < -0.39 is 5.82 Å². The number of aromatic amines is 1. The maximum Gasteiger partial charge on any atom is 0.182 e. The molecule has 0 bridgehead atoms. The van der Waals surface area contributed by atoms with E-state index in [0.717, 1.165) is 16.8 Å². The van der Waals surface area contributed by atoms with Gasteiger partial charge in [0, 0.05) is 10.9 Å². The highest BCUT2D eigenvalue weighted by Gasteiger charge is 2.13.